The molecule has 0 N–H and O–H groups in total. The zero-order chi connectivity index (χ0) is 14.4. The van der Waals surface area contributed by atoms with Crippen LogP contribution in [0.1, 0.15) is 26.3 Å². The molecule has 0 unspecified atom stereocenters. The van der Waals surface area contributed by atoms with Crippen molar-refractivity contribution in [3.8, 4) is 5.75 Å². The van der Waals surface area contributed by atoms with Gasteiger partial charge in [0.2, 0.25) is 0 Å². The van der Waals surface area contributed by atoms with Gasteiger partial charge < -0.3 is 9.47 Å². The van der Waals surface area contributed by atoms with Crippen LogP contribution >= 0.6 is 0 Å². The second-order valence-corrected chi connectivity index (χ2v) is 4.34. The van der Waals surface area contributed by atoms with Gasteiger partial charge in [-0.1, -0.05) is 12.1 Å². The molecule has 0 fully saturated rings. The van der Waals surface area contributed by atoms with Crippen molar-refractivity contribution in [2.24, 2.45) is 0 Å². The van der Waals surface area contributed by atoms with E-state index in [0.29, 0.717) is 5.75 Å². The van der Waals surface area contributed by atoms with Gasteiger partial charge in [0, 0.05) is 0 Å². The van der Waals surface area contributed by atoms with Crippen molar-refractivity contribution in [3.63, 3.8) is 0 Å². The van der Waals surface area contributed by atoms with Crippen molar-refractivity contribution in [2.45, 2.75) is 26.9 Å². The number of ketones is 1. The molecule has 0 heterocycles. The van der Waals surface area contributed by atoms with Gasteiger partial charge in [-0.3, -0.25) is 4.79 Å². The maximum atomic E-state index is 11.8. The molecule has 0 spiro atoms. The number of rotatable bonds is 5. The van der Waals surface area contributed by atoms with E-state index < -0.39 is 5.97 Å². The van der Waals surface area contributed by atoms with Crippen molar-refractivity contribution in [1.29, 1.82) is 0 Å². The van der Waals surface area contributed by atoms with Crippen molar-refractivity contribution < 1.29 is 19.1 Å². The fraction of sp³-hybridized carbons (Fsp3) is 0.333. The molecule has 0 aliphatic carbocycles. The molecule has 0 aliphatic rings. The first-order valence-electron chi connectivity index (χ1n) is 6.01. The first-order chi connectivity index (χ1) is 8.93. The first-order valence-corrected chi connectivity index (χ1v) is 6.01. The summed E-state index contributed by atoms with van der Waals surface area (Å²) in [4.78, 5) is 23.3. The third-order valence-corrected chi connectivity index (χ3v) is 2.37. The van der Waals surface area contributed by atoms with E-state index in [-0.39, 0.29) is 17.5 Å². The third-order valence-electron chi connectivity index (χ3n) is 2.37. The number of Topliss-reactive ketones (excluding diaryl/α,β-unsaturated/α-hetero) is 1. The number of benzene rings is 1. The monoisotopic (exact) mass is 262 g/mol. The maximum absolute atomic E-state index is 11.8. The summed E-state index contributed by atoms with van der Waals surface area (Å²) in [5.41, 5.74) is 0.783. The lowest BCUT2D eigenvalue weighted by atomic mass is 10.1. The highest BCUT2D eigenvalue weighted by Crippen LogP contribution is 2.15. The summed E-state index contributed by atoms with van der Waals surface area (Å²) < 4.78 is 10.1. The Labute approximate surface area is 113 Å². The van der Waals surface area contributed by atoms with Gasteiger partial charge in [-0.05, 0) is 44.5 Å². The van der Waals surface area contributed by atoms with E-state index in [4.69, 9.17) is 9.47 Å². The fourth-order valence-electron chi connectivity index (χ4n) is 1.45. The summed E-state index contributed by atoms with van der Waals surface area (Å²) in [7, 11) is 1.58. The van der Waals surface area contributed by atoms with Gasteiger partial charge >= 0.3 is 5.97 Å². The largest absolute Gasteiger partial charge is 0.497 e. The average Bonchev–Trinajstić information content (AvgIpc) is 2.35. The molecule has 4 heteroatoms. The Kier molecular flexibility index (Phi) is 5.30. The second-order valence-electron chi connectivity index (χ2n) is 4.34. The van der Waals surface area contributed by atoms with E-state index in [9.17, 15) is 9.59 Å². The number of methoxy groups -OCH3 is 1. The van der Waals surface area contributed by atoms with Crippen LogP contribution in [0.25, 0.3) is 6.08 Å². The standard InChI is InChI=1S/C15H18O4/c1-10(2)19-15(17)14(11(3)16)9-12-5-7-13(18-4)8-6-12/h5-10H,1-4H3/b14-9+. The van der Waals surface area contributed by atoms with Gasteiger partial charge in [0.1, 0.15) is 11.3 Å². The van der Waals surface area contributed by atoms with E-state index in [1.54, 1.807) is 45.2 Å². The molecule has 1 rings (SSSR count). The van der Waals surface area contributed by atoms with Crippen LogP contribution in [0.15, 0.2) is 29.8 Å². The molecule has 0 aromatic heterocycles. The Balaban J connectivity index is 3.00. The summed E-state index contributed by atoms with van der Waals surface area (Å²) in [5, 5.41) is 0. The Morgan fingerprint density at radius 1 is 1.16 bits per heavy atom. The summed E-state index contributed by atoms with van der Waals surface area (Å²) in [6, 6.07) is 7.06. The van der Waals surface area contributed by atoms with Crippen LogP contribution < -0.4 is 4.74 Å². The van der Waals surface area contributed by atoms with Crippen LogP contribution in [0.4, 0.5) is 0 Å². The van der Waals surface area contributed by atoms with E-state index in [1.807, 2.05) is 0 Å². The van der Waals surface area contributed by atoms with Crippen LogP contribution in [-0.4, -0.2) is 25.0 Å². The molecule has 102 valence electrons. The van der Waals surface area contributed by atoms with Crippen LogP contribution in [0, 0.1) is 0 Å². The van der Waals surface area contributed by atoms with Crippen molar-refractivity contribution in [3.05, 3.63) is 35.4 Å². The molecular weight excluding hydrogens is 244 g/mol. The Bertz CT molecular complexity index is 483. The molecular formula is C15H18O4. The zero-order valence-corrected chi connectivity index (χ0v) is 11.6. The molecule has 0 saturated heterocycles. The highest BCUT2D eigenvalue weighted by molar-refractivity contribution is 6.19. The predicted molar refractivity (Wildman–Crippen MR) is 72.9 cm³/mol. The Morgan fingerprint density at radius 2 is 1.74 bits per heavy atom. The fourth-order valence-corrected chi connectivity index (χ4v) is 1.45. The minimum Gasteiger partial charge on any atom is -0.497 e. The van der Waals surface area contributed by atoms with E-state index >= 15 is 0 Å². The van der Waals surface area contributed by atoms with E-state index in [1.165, 1.54) is 13.0 Å². The smallest absolute Gasteiger partial charge is 0.342 e. The number of ether oxygens (including phenoxy) is 2. The molecule has 1 aromatic rings. The van der Waals surface area contributed by atoms with Crippen LogP contribution in [0.5, 0.6) is 5.75 Å². The zero-order valence-electron chi connectivity index (χ0n) is 11.6. The minimum atomic E-state index is -0.599. The lowest BCUT2D eigenvalue weighted by Gasteiger charge is -2.09. The van der Waals surface area contributed by atoms with Crippen molar-refractivity contribution in [2.75, 3.05) is 7.11 Å². The van der Waals surface area contributed by atoms with Gasteiger partial charge in [0.25, 0.3) is 0 Å². The average molecular weight is 262 g/mol. The number of hydrogen-bond acceptors (Lipinski definition) is 4. The number of carbonyl (C=O) groups excluding carboxylic acids is 2. The number of esters is 1. The summed E-state index contributed by atoms with van der Waals surface area (Å²) in [5.74, 6) is -0.203. The number of carbonyl (C=O) groups is 2. The highest BCUT2D eigenvalue weighted by Gasteiger charge is 2.17. The minimum absolute atomic E-state index is 0.0406. The molecule has 0 radical (unpaired) electrons. The van der Waals surface area contributed by atoms with Gasteiger partial charge in [-0.25, -0.2) is 4.79 Å². The van der Waals surface area contributed by atoms with Gasteiger partial charge in [-0.2, -0.15) is 0 Å². The molecule has 0 aliphatic heterocycles. The molecule has 19 heavy (non-hydrogen) atoms. The molecule has 0 bridgehead atoms. The summed E-state index contributed by atoms with van der Waals surface area (Å²) in [6.45, 7) is 4.82. The topological polar surface area (TPSA) is 52.6 Å². The van der Waals surface area contributed by atoms with E-state index in [2.05, 4.69) is 0 Å². The highest BCUT2D eigenvalue weighted by atomic mass is 16.5. The van der Waals surface area contributed by atoms with Gasteiger partial charge in [0.15, 0.2) is 5.78 Å². The van der Waals surface area contributed by atoms with Gasteiger partial charge in [0.05, 0.1) is 13.2 Å². The normalized spacial score (nSPS) is 11.3. The molecule has 0 saturated carbocycles. The molecule has 4 nitrogen and oxygen atoms in total. The van der Waals surface area contributed by atoms with Crippen molar-refractivity contribution >= 4 is 17.8 Å². The quantitative estimate of drug-likeness (QED) is 0.354. The Hall–Kier alpha value is -2.10. The lowest BCUT2D eigenvalue weighted by molar-refractivity contribution is -0.143. The molecule has 0 atom stereocenters. The lowest BCUT2D eigenvalue weighted by Crippen LogP contribution is -2.17. The van der Waals surface area contributed by atoms with Crippen LogP contribution in [-0.2, 0) is 14.3 Å². The third kappa shape index (κ3) is 4.58. The number of hydrogen-bond donors (Lipinski definition) is 0. The summed E-state index contributed by atoms with van der Waals surface area (Å²) >= 11 is 0. The molecule has 0 amide bonds. The van der Waals surface area contributed by atoms with Gasteiger partial charge in [-0.15, -0.1) is 0 Å². The second kappa shape index (κ2) is 6.73. The Morgan fingerprint density at radius 3 is 2.16 bits per heavy atom. The van der Waals surface area contributed by atoms with Crippen molar-refractivity contribution in [1.82, 2.24) is 0 Å². The first kappa shape index (κ1) is 15.0. The summed E-state index contributed by atoms with van der Waals surface area (Å²) in [6.07, 6.45) is 1.26. The van der Waals surface area contributed by atoms with Crippen LogP contribution in [0.2, 0.25) is 0 Å². The van der Waals surface area contributed by atoms with Crippen LogP contribution in [0.3, 0.4) is 0 Å². The SMILES string of the molecule is COc1ccc(/C=C(\C(C)=O)C(=O)OC(C)C)cc1. The molecule has 1 aromatic carbocycles. The maximum Gasteiger partial charge on any atom is 0.342 e. The van der Waals surface area contributed by atoms with E-state index in [0.717, 1.165) is 5.56 Å². The predicted octanol–water partition coefficient (Wildman–Crippen LogP) is 2.62.